The highest BCUT2D eigenvalue weighted by Gasteiger charge is 2.16. The van der Waals surface area contributed by atoms with E-state index in [4.69, 9.17) is 0 Å². The number of nitro groups is 1. The van der Waals surface area contributed by atoms with Crippen LogP contribution in [0.1, 0.15) is 18.8 Å². The molecule has 0 aliphatic carbocycles. The number of nitrogens with zero attached hydrogens (tertiary/aromatic N) is 5. The summed E-state index contributed by atoms with van der Waals surface area (Å²) in [7, 11) is 1.57. The van der Waals surface area contributed by atoms with Gasteiger partial charge in [0, 0.05) is 37.0 Å². The third-order valence-corrected chi connectivity index (χ3v) is 3.63. The van der Waals surface area contributed by atoms with Crippen molar-refractivity contribution in [3.05, 3.63) is 63.1 Å². The van der Waals surface area contributed by atoms with Crippen LogP contribution >= 0.6 is 0 Å². The maximum Gasteiger partial charge on any atom is 0.349 e. The number of hydrogen-bond acceptors (Lipinski definition) is 7. The Morgan fingerprint density at radius 3 is 2.67 bits per heavy atom. The van der Waals surface area contributed by atoms with Crippen molar-refractivity contribution in [1.82, 2.24) is 19.5 Å². The zero-order chi connectivity index (χ0) is 17.3. The van der Waals surface area contributed by atoms with Crippen LogP contribution in [0.25, 0.3) is 10.9 Å². The Morgan fingerprint density at radius 2 is 2.00 bits per heavy atom. The molecule has 0 amide bonds. The number of hydrogen-bond donors (Lipinski definition) is 1. The monoisotopic (exact) mass is 326 g/mol. The second-order valence-corrected chi connectivity index (χ2v) is 5.23. The molecule has 1 aromatic carbocycles. The summed E-state index contributed by atoms with van der Waals surface area (Å²) in [6.07, 6.45) is 3.22. The van der Waals surface area contributed by atoms with Crippen molar-refractivity contribution in [3.8, 4) is 0 Å². The quantitative estimate of drug-likeness (QED) is 0.574. The standard InChI is InChI=1S/C15H14N6O3/c1-9(13-16-6-3-7-17-13)18-14-11-8-10(21(23)24)4-5-12(11)20(2)15(22)19-14/h3-9H,1-2H3,(H,18,19,22). The predicted octanol–water partition coefficient (Wildman–Crippen LogP) is 1.80. The number of aryl methyl sites for hydroxylation is 1. The molecular formula is C15H14N6O3. The van der Waals surface area contributed by atoms with Crippen molar-refractivity contribution < 1.29 is 4.92 Å². The van der Waals surface area contributed by atoms with Crippen molar-refractivity contribution in [2.24, 2.45) is 7.05 Å². The SMILES string of the molecule is CC(Nc1nc(=O)n(C)c2ccc([N+](=O)[O-])cc12)c1ncccn1. The van der Waals surface area contributed by atoms with Gasteiger partial charge < -0.3 is 5.32 Å². The molecule has 1 unspecified atom stereocenters. The number of nitro benzene ring substituents is 1. The Kier molecular flexibility index (Phi) is 3.90. The van der Waals surface area contributed by atoms with E-state index in [-0.39, 0.29) is 17.5 Å². The highest BCUT2D eigenvalue weighted by molar-refractivity contribution is 5.91. The third kappa shape index (κ3) is 2.78. The summed E-state index contributed by atoms with van der Waals surface area (Å²) in [5.74, 6) is 0.787. The molecule has 122 valence electrons. The summed E-state index contributed by atoms with van der Waals surface area (Å²) in [5, 5.41) is 14.6. The van der Waals surface area contributed by atoms with Crippen LogP contribution in [-0.4, -0.2) is 24.4 Å². The van der Waals surface area contributed by atoms with Crippen LogP contribution in [0.15, 0.2) is 41.5 Å². The minimum atomic E-state index is -0.488. The number of non-ortho nitro benzene ring substituents is 1. The second kappa shape index (κ2) is 6.03. The van der Waals surface area contributed by atoms with Crippen molar-refractivity contribution in [1.29, 1.82) is 0 Å². The summed E-state index contributed by atoms with van der Waals surface area (Å²) in [6.45, 7) is 1.82. The fourth-order valence-corrected chi connectivity index (χ4v) is 2.37. The first kappa shape index (κ1) is 15.5. The van der Waals surface area contributed by atoms with Gasteiger partial charge in [0.1, 0.15) is 11.6 Å². The normalized spacial score (nSPS) is 12.1. The van der Waals surface area contributed by atoms with Gasteiger partial charge in [-0.2, -0.15) is 4.98 Å². The van der Waals surface area contributed by atoms with Gasteiger partial charge >= 0.3 is 5.69 Å². The van der Waals surface area contributed by atoms with Crippen molar-refractivity contribution in [2.75, 3.05) is 5.32 Å². The molecule has 3 rings (SSSR count). The summed E-state index contributed by atoms with van der Waals surface area (Å²) in [5.41, 5.74) is 0.0129. The highest BCUT2D eigenvalue weighted by atomic mass is 16.6. The van der Waals surface area contributed by atoms with E-state index in [1.54, 1.807) is 25.5 Å². The number of anilines is 1. The lowest BCUT2D eigenvalue weighted by Crippen LogP contribution is -2.23. The maximum absolute atomic E-state index is 12.0. The fourth-order valence-electron chi connectivity index (χ4n) is 2.37. The number of fused-ring (bicyclic) bond motifs is 1. The van der Waals surface area contributed by atoms with E-state index in [2.05, 4.69) is 20.3 Å². The topological polar surface area (TPSA) is 116 Å². The van der Waals surface area contributed by atoms with E-state index < -0.39 is 10.6 Å². The molecule has 3 aromatic rings. The molecule has 0 fully saturated rings. The molecule has 0 spiro atoms. The molecule has 1 N–H and O–H groups in total. The molecule has 1 atom stereocenters. The lowest BCUT2D eigenvalue weighted by atomic mass is 10.2. The van der Waals surface area contributed by atoms with Gasteiger partial charge in [-0.05, 0) is 19.1 Å². The average Bonchev–Trinajstić information content (AvgIpc) is 2.59. The molecule has 9 heteroatoms. The van der Waals surface area contributed by atoms with Crippen LogP contribution < -0.4 is 11.0 Å². The van der Waals surface area contributed by atoms with Gasteiger partial charge in [0.2, 0.25) is 0 Å². The number of benzene rings is 1. The van der Waals surface area contributed by atoms with Crippen LogP contribution in [0, 0.1) is 10.1 Å². The smallest absolute Gasteiger partial charge is 0.349 e. The van der Waals surface area contributed by atoms with Crippen LogP contribution in [0.2, 0.25) is 0 Å². The Balaban J connectivity index is 2.12. The van der Waals surface area contributed by atoms with Gasteiger partial charge in [-0.15, -0.1) is 0 Å². The Labute approximate surface area is 136 Å². The zero-order valence-corrected chi connectivity index (χ0v) is 13.0. The highest BCUT2D eigenvalue weighted by Crippen LogP contribution is 2.26. The first-order valence-corrected chi connectivity index (χ1v) is 7.16. The van der Waals surface area contributed by atoms with Gasteiger partial charge in [0.05, 0.1) is 16.5 Å². The maximum atomic E-state index is 12.0. The fraction of sp³-hybridized carbons (Fsp3) is 0.200. The molecule has 0 radical (unpaired) electrons. The average molecular weight is 326 g/mol. The molecule has 9 nitrogen and oxygen atoms in total. The van der Waals surface area contributed by atoms with Gasteiger partial charge in [0.25, 0.3) is 5.69 Å². The van der Waals surface area contributed by atoms with Crippen molar-refractivity contribution in [2.45, 2.75) is 13.0 Å². The molecule has 0 saturated carbocycles. The minimum absolute atomic E-state index is 0.0744. The number of aromatic nitrogens is 4. The van der Waals surface area contributed by atoms with E-state index in [0.29, 0.717) is 16.7 Å². The predicted molar refractivity (Wildman–Crippen MR) is 87.7 cm³/mol. The van der Waals surface area contributed by atoms with Crippen molar-refractivity contribution >= 4 is 22.4 Å². The van der Waals surface area contributed by atoms with Crippen LogP contribution in [-0.2, 0) is 7.05 Å². The summed E-state index contributed by atoms with van der Waals surface area (Å²) >= 11 is 0. The van der Waals surface area contributed by atoms with E-state index in [0.717, 1.165) is 0 Å². The van der Waals surface area contributed by atoms with Crippen LogP contribution in [0.3, 0.4) is 0 Å². The van der Waals surface area contributed by atoms with Gasteiger partial charge in [0.15, 0.2) is 0 Å². The minimum Gasteiger partial charge on any atom is -0.360 e. The Bertz CT molecular complexity index is 970. The van der Waals surface area contributed by atoms with Crippen LogP contribution in [0.5, 0.6) is 0 Å². The Morgan fingerprint density at radius 1 is 1.29 bits per heavy atom. The molecule has 0 saturated heterocycles. The number of nitrogens with one attached hydrogen (secondary N) is 1. The lowest BCUT2D eigenvalue weighted by molar-refractivity contribution is -0.384. The molecule has 2 aromatic heterocycles. The molecule has 0 aliphatic heterocycles. The van der Waals surface area contributed by atoms with E-state index in [1.807, 2.05) is 6.92 Å². The van der Waals surface area contributed by atoms with Gasteiger partial charge in [-0.3, -0.25) is 14.7 Å². The van der Waals surface area contributed by atoms with E-state index in [9.17, 15) is 14.9 Å². The molecule has 24 heavy (non-hydrogen) atoms. The summed E-state index contributed by atoms with van der Waals surface area (Å²) < 4.78 is 1.34. The lowest BCUT2D eigenvalue weighted by Gasteiger charge is -2.15. The van der Waals surface area contributed by atoms with Crippen molar-refractivity contribution in [3.63, 3.8) is 0 Å². The van der Waals surface area contributed by atoms with Gasteiger partial charge in [-0.25, -0.2) is 14.8 Å². The zero-order valence-electron chi connectivity index (χ0n) is 13.0. The van der Waals surface area contributed by atoms with Crippen LogP contribution in [0.4, 0.5) is 11.5 Å². The van der Waals surface area contributed by atoms with Gasteiger partial charge in [-0.1, -0.05) is 0 Å². The summed E-state index contributed by atoms with van der Waals surface area (Å²) in [6, 6.07) is 5.66. The molecule has 0 bridgehead atoms. The van der Waals surface area contributed by atoms with E-state index in [1.165, 1.54) is 22.8 Å². The second-order valence-electron chi connectivity index (χ2n) is 5.23. The molecule has 0 aliphatic rings. The first-order valence-electron chi connectivity index (χ1n) is 7.16. The largest absolute Gasteiger partial charge is 0.360 e. The Hall–Kier alpha value is -3.36. The molecule has 2 heterocycles. The third-order valence-electron chi connectivity index (χ3n) is 3.63. The molecular weight excluding hydrogens is 312 g/mol. The summed E-state index contributed by atoms with van der Waals surface area (Å²) in [4.78, 5) is 34.9. The number of rotatable bonds is 4. The van der Waals surface area contributed by atoms with E-state index >= 15 is 0 Å². The first-order chi connectivity index (χ1) is 11.5.